The van der Waals surface area contributed by atoms with Crippen LogP contribution in [-0.2, 0) is 15.4 Å². The molecule has 0 amide bonds. The summed E-state index contributed by atoms with van der Waals surface area (Å²) in [5.74, 6) is -0.653. The van der Waals surface area contributed by atoms with Gasteiger partial charge >= 0.3 is 6.18 Å². The fourth-order valence-electron chi connectivity index (χ4n) is 2.56. The predicted molar refractivity (Wildman–Crippen MR) is 90.4 cm³/mol. The first-order chi connectivity index (χ1) is 11.9. The Morgan fingerprint density at radius 2 is 1.92 bits per heavy atom. The summed E-state index contributed by atoms with van der Waals surface area (Å²) in [6.45, 7) is 6.67. The van der Waals surface area contributed by atoms with E-state index in [0.29, 0.717) is 12.3 Å². The van der Waals surface area contributed by atoms with Crippen LogP contribution in [0.25, 0.3) is 0 Å². The fourth-order valence-corrected chi connectivity index (χ4v) is 4.13. The normalized spacial score (nSPS) is 19.7. The minimum atomic E-state index is -4.48. The van der Waals surface area contributed by atoms with Crippen molar-refractivity contribution in [3.05, 3.63) is 17.8 Å². The van der Waals surface area contributed by atoms with Gasteiger partial charge in [-0.25, -0.2) is 12.7 Å². The third-order valence-electron chi connectivity index (χ3n) is 4.16. The molecule has 1 fully saturated rings. The highest BCUT2D eigenvalue weighted by molar-refractivity contribution is 7.89. The summed E-state index contributed by atoms with van der Waals surface area (Å²) in [7, 11) is -3.90. The van der Waals surface area contributed by atoms with E-state index in [4.69, 9.17) is 4.74 Å². The second kappa shape index (κ2) is 7.67. The number of hydrogen-bond donors (Lipinski definition) is 0. The largest absolute Gasteiger partial charge is 0.476 e. The van der Waals surface area contributed by atoms with Gasteiger partial charge in [0.05, 0.1) is 24.5 Å². The van der Waals surface area contributed by atoms with Gasteiger partial charge in [-0.15, -0.1) is 5.10 Å². The molecule has 1 aromatic heterocycles. The highest BCUT2D eigenvalue weighted by atomic mass is 32.2. The first-order valence-corrected chi connectivity index (χ1v) is 9.99. The van der Waals surface area contributed by atoms with Crippen LogP contribution < -0.4 is 4.74 Å². The summed E-state index contributed by atoms with van der Waals surface area (Å²) in [4.78, 5) is 0. The highest BCUT2D eigenvalue weighted by Gasteiger charge is 2.35. The zero-order valence-corrected chi connectivity index (χ0v) is 15.9. The maximum Gasteiger partial charge on any atom is 0.390 e. The van der Waals surface area contributed by atoms with Gasteiger partial charge in [0.15, 0.2) is 0 Å². The van der Waals surface area contributed by atoms with Crippen LogP contribution in [0.15, 0.2) is 12.1 Å². The zero-order chi connectivity index (χ0) is 19.6. The summed E-state index contributed by atoms with van der Waals surface area (Å²) in [5.41, 5.74) is 0.704. The Morgan fingerprint density at radius 1 is 1.23 bits per heavy atom. The Kier molecular flexibility index (Phi) is 6.17. The standard InChI is InChI=1S/C16H24F3N3O3S/c1-15(2,3)13-4-5-14(21-20-13)25-11-12-6-8-22(10-12)26(23,24)9-7-16(17,18)19/h4-5,12H,6-11H2,1-3H3. The number of hydrogen-bond acceptors (Lipinski definition) is 5. The zero-order valence-electron chi connectivity index (χ0n) is 15.1. The SMILES string of the molecule is CC(C)(C)c1ccc(OCC2CCN(S(=O)(=O)CCC(F)(F)F)C2)nn1. The molecule has 0 saturated carbocycles. The van der Waals surface area contributed by atoms with Gasteiger partial charge in [-0.05, 0) is 12.5 Å². The molecule has 1 aliphatic rings. The summed E-state index contributed by atoms with van der Waals surface area (Å²) in [6, 6.07) is 3.53. The van der Waals surface area contributed by atoms with Crippen LogP contribution >= 0.6 is 0 Å². The molecule has 1 atom stereocenters. The van der Waals surface area contributed by atoms with Crippen LogP contribution in [0.1, 0.15) is 39.3 Å². The van der Waals surface area contributed by atoms with Gasteiger partial charge in [0.2, 0.25) is 15.9 Å². The molecular weight excluding hydrogens is 371 g/mol. The van der Waals surface area contributed by atoms with Crippen LogP contribution in [0.5, 0.6) is 5.88 Å². The molecule has 26 heavy (non-hydrogen) atoms. The molecule has 0 bridgehead atoms. The van der Waals surface area contributed by atoms with Gasteiger partial charge in [0.25, 0.3) is 0 Å². The van der Waals surface area contributed by atoms with Gasteiger partial charge in [-0.2, -0.15) is 18.3 Å². The lowest BCUT2D eigenvalue weighted by Crippen LogP contribution is -2.33. The molecule has 0 spiro atoms. The Labute approximate surface area is 151 Å². The minimum Gasteiger partial charge on any atom is -0.476 e. The number of halogens is 3. The molecule has 1 aromatic rings. The second-order valence-electron chi connectivity index (χ2n) is 7.51. The first kappa shape index (κ1) is 20.9. The molecule has 148 valence electrons. The van der Waals surface area contributed by atoms with Gasteiger partial charge in [-0.1, -0.05) is 20.8 Å². The lowest BCUT2D eigenvalue weighted by molar-refractivity contribution is -0.130. The fraction of sp³-hybridized carbons (Fsp3) is 0.750. The maximum atomic E-state index is 12.2. The summed E-state index contributed by atoms with van der Waals surface area (Å²) >= 11 is 0. The van der Waals surface area contributed by atoms with Crippen molar-refractivity contribution in [3.8, 4) is 5.88 Å². The summed E-state index contributed by atoms with van der Waals surface area (Å²) in [5, 5.41) is 8.11. The molecule has 1 unspecified atom stereocenters. The van der Waals surface area contributed by atoms with E-state index in [0.717, 1.165) is 10.00 Å². The second-order valence-corrected chi connectivity index (χ2v) is 9.60. The lowest BCUT2D eigenvalue weighted by Gasteiger charge is -2.18. The molecule has 0 aliphatic carbocycles. The van der Waals surface area contributed by atoms with Gasteiger partial charge in [0.1, 0.15) is 0 Å². The number of nitrogens with zero attached hydrogens (tertiary/aromatic N) is 3. The number of rotatable bonds is 6. The third-order valence-corrected chi connectivity index (χ3v) is 6.00. The number of aromatic nitrogens is 2. The lowest BCUT2D eigenvalue weighted by atomic mass is 9.92. The van der Waals surface area contributed by atoms with E-state index in [-0.39, 0.29) is 31.0 Å². The van der Waals surface area contributed by atoms with Crippen molar-refractivity contribution in [1.29, 1.82) is 0 Å². The number of sulfonamides is 1. The van der Waals surface area contributed by atoms with E-state index in [9.17, 15) is 21.6 Å². The molecule has 10 heteroatoms. The monoisotopic (exact) mass is 395 g/mol. The Hall–Kier alpha value is -1.42. The molecule has 0 radical (unpaired) electrons. The van der Waals surface area contributed by atoms with Crippen molar-refractivity contribution in [1.82, 2.24) is 14.5 Å². The van der Waals surface area contributed by atoms with Gasteiger partial charge in [-0.3, -0.25) is 0 Å². The van der Waals surface area contributed by atoms with Crippen LogP contribution in [0.4, 0.5) is 13.2 Å². The third kappa shape index (κ3) is 6.08. The average Bonchev–Trinajstić information content (AvgIpc) is 3.00. The predicted octanol–water partition coefficient (Wildman–Crippen LogP) is 2.76. The van der Waals surface area contributed by atoms with Crippen molar-refractivity contribution in [2.45, 2.75) is 45.2 Å². The van der Waals surface area contributed by atoms with Gasteiger partial charge < -0.3 is 4.74 Å². The van der Waals surface area contributed by atoms with E-state index in [1.807, 2.05) is 26.8 Å². The molecular formula is C16H24F3N3O3S. The molecule has 1 aliphatic heterocycles. The number of ether oxygens (including phenoxy) is 1. The van der Waals surface area contributed by atoms with E-state index < -0.39 is 28.4 Å². The van der Waals surface area contributed by atoms with E-state index in [1.165, 1.54) is 0 Å². The van der Waals surface area contributed by atoms with Crippen molar-refractivity contribution in [2.75, 3.05) is 25.4 Å². The molecule has 0 N–H and O–H groups in total. The molecule has 1 saturated heterocycles. The topological polar surface area (TPSA) is 72.4 Å². The smallest absolute Gasteiger partial charge is 0.390 e. The summed E-state index contributed by atoms with van der Waals surface area (Å²) in [6.07, 6.45) is -5.27. The van der Waals surface area contributed by atoms with Crippen LogP contribution in [0.3, 0.4) is 0 Å². The van der Waals surface area contributed by atoms with E-state index in [1.54, 1.807) is 6.07 Å². The van der Waals surface area contributed by atoms with Crippen molar-refractivity contribution in [2.24, 2.45) is 5.92 Å². The highest BCUT2D eigenvalue weighted by Crippen LogP contribution is 2.25. The Balaban J connectivity index is 1.84. The van der Waals surface area contributed by atoms with Gasteiger partial charge in [0, 0.05) is 30.5 Å². The summed E-state index contributed by atoms with van der Waals surface area (Å²) < 4.78 is 67.4. The van der Waals surface area contributed by atoms with Crippen LogP contribution in [0.2, 0.25) is 0 Å². The molecule has 0 aromatic carbocycles. The molecule has 6 nitrogen and oxygen atoms in total. The molecule has 2 heterocycles. The van der Waals surface area contributed by atoms with Crippen molar-refractivity contribution < 1.29 is 26.3 Å². The maximum absolute atomic E-state index is 12.2. The number of alkyl halides is 3. The van der Waals surface area contributed by atoms with Crippen molar-refractivity contribution in [3.63, 3.8) is 0 Å². The first-order valence-electron chi connectivity index (χ1n) is 8.38. The minimum absolute atomic E-state index is 0.0836. The quantitative estimate of drug-likeness (QED) is 0.741. The Morgan fingerprint density at radius 3 is 2.46 bits per heavy atom. The molecule has 2 rings (SSSR count). The average molecular weight is 395 g/mol. The van der Waals surface area contributed by atoms with Crippen molar-refractivity contribution >= 4 is 10.0 Å². The van der Waals surface area contributed by atoms with E-state index >= 15 is 0 Å². The van der Waals surface area contributed by atoms with Crippen LogP contribution in [-0.4, -0.2) is 54.5 Å². The van der Waals surface area contributed by atoms with Crippen LogP contribution in [0, 0.1) is 5.92 Å². The van der Waals surface area contributed by atoms with E-state index in [2.05, 4.69) is 10.2 Å². The Bertz CT molecular complexity index is 700.